The van der Waals surface area contributed by atoms with Crippen LogP contribution in [0.1, 0.15) is 33.6 Å². The fourth-order valence-corrected chi connectivity index (χ4v) is 2.22. The van der Waals surface area contributed by atoms with Crippen molar-refractivity contribution in [1.82, 2.24) is 9.80 Å². The summed E-state index contributed by atoms with van der Waals surface area (Å²) in [6.45, 7) is 11.1. The van der Waals surface area contributed by atoms with Gasteiger partial charge in [0.2, 0.25) is 5.91 Å². The lowest BCUT2D eigenvalue weighted by Crippen LogP contribution is -2.54. The number of hydrogen-bond acceptors (Lipinski definition) is 3. The van der Waals surface area contributed by atoms with Gasteiger partial charge in [-0.3, -0.25) is 9.69 Å². The van der Waals surface area contributed by atoms with Crippen molar-refractivity contribution >= 4 is 5.91 Å². The number of rotatable bonds is 5. The molecule has 1 saturated heterocycles. The van der Waals surface area contributed by atoms with Gasteiger partial charge in [0.25, 0.3) is 0 Å². The predicted molar refractivity (Wildman–Crippen MR) is 70.7 cm³/mol. The third kappa shape index (κ3) is 3.96. The minimum Gasteiger partial charge on any atom is -0.339 e. The van der Waals surface area contributed by atoms with Crippen molar-refractivity contribution < 1.29 is 4.79 Å². The molecule has 0 saturated carbocycles. The van der Waals surface area contributed by atoms with E-state index in [0.717, 1.165) is 39.1 Å². The minimum atomic E-state index is -0.322. The third-order valence-corrected chi connectivity index (χ3v) is 3.77. The first-order valence-electron chi connectivity index (χ1n) is 6.86. The topological polar surface area (TPSA) is 49.6 Å². The first-order valence-corrected chi connectivity index (χ1v) is 6.86. The van der Waals surface area contributed by atoms with Crippen LogP contribution in [0.4, 0.5) is 0 Å². The lowest BCUT2D eigenvalue weighted by Gasteiger charge is -2.36. The summed E-state index contributed by atoms with van der Waals surface area (Å²) in [5.41, 5.74) is 5.99. The van der Waals surface area contributed by atoms with E-state index in [1.807, 2.05) is 4.90 Å². The van der Waals surface area contributed by atoms with Gasteiger partial charge in [0.05, 0.1) is 6.04 Å². The van der Waals surface area contributed by atoms with Gasteiger partial charge in [-0.15, -0.1) is 0 Å². The van der Waals surface area contributed by atoms with Gasteiger partial charge in [0.1, 0.15) is 0 Å². The van der Waals surface area contributed by atoms with Crippen molar-refractivity contribution in [3.63, 3.8) is 0 Å². The molecular formula is C13H27N3O. The van der Waals surface area contributed by atoms with E-state index in [9.17, 15) is 4.79 Å². The van der Waals surface area contributed by atoms with Crippen LogP contribution in [-0.4, -0.2) is 54.5 Å². The zero-order valence-corrected chi connectivity index (χ0v) is 11.5. The summed E-state index contributed by atoms with van der Waals surface area (Å²) < 4.78 is 0. The zero-order chi connectivity index (χ0) is 12.8. The van der Waals surface area contributed by atoms with E-state index in [1.54, 1.807) is 0 Å². The van der Waals surface area contributed by atoms with Gasteiger partial charge in [-0.1, -0.05) is 27.2 Å². The van der Waals surface area contributed by atoms with E-state index >= 15 is 0 Å². The molecule has 0 aromatic rings. The van der Waals surface area contributed by atoms with Crippen LogP contribution in [0.25, 0.3) is 0 Å². The van der Waals surface area contributed by atoms with Crippen LogP contribution in [0, 0.1) is 5.92 Å². The van der Waals surface area contributed by atoms with Crippen molar-refractivity contribution in [2.45, 2.75) is 39.7 Å². The van der Waals surface area contributed by atoms with Crippen LogP contribution in [0.15, 0.2) is 0 Å². The number of hydrogen-bond donors (Lipinski definition) is 1. The average molecular weight is 241 g/mol. The van der Waals surface area contributed by atoms with Gasteiger partial charge in [0.15, 0.2) is 0 Å². The lowest BCUT2D eigenvalue weighted by atomic mass is 9.98. The van der Waals surface area contributed by atoms with Crippen molar-refractivity contribution in [1.29, 1.82) is 0 Å². The van der Waals surface area contributed by atoms with Crippen molar-refractivity contribution in [3.8, 4) is 0 Å². The highest BCUT2D eigenvalue weighted by atomic mass is 16.2. The van der Waals surface area contributed by atoms with Gasteiger partial charge in [-0.25, -0.2) is 0 Å². The van der Waals surface area contributed by atoms with E-state index in [0.29, 0.717) is 0 Å². The van der Waals surface area contributed by atoms with Crippen LogP contribution >= 0.6 is 0 Å². The smallest absolute Gasteiger partial charge is 0.239 e. The molecule has 1 amide bonds. The summed E-state index contributed by atoms with van der Waals surface area (Å²) in [7, 11) is 0. The van der Waals surface area contributed by atoms with Crippen molar-refractivity contribution in [2.24, 2.45) is 11.7 Å². The zero-order valence-electron chi connectivity index (χ0n) is 11.5. The molecule has 0 aromatic carbocycles. The van der Waals surface area contributed by atoms with E-state index in [4.69, 9.17) is 5.73 Å². The average Bonchev–Trinajstić information content (AvgIpc) is 2.37. The highest BCUT2D eigenvalue weighted by Crippen LogP contribution is 2.10. The fraction of sp³-hybridized carbons (Fsp3) is 0.923. The molecule has 4 heteroatoms. The second-order valence-electron chi connectivity index (χ2n) is 5.08. The SMILES string of the molecule is CCCN1CCN(C(=O)[C@H](N)C(C)CC)CC1. The van der Waals surface area contributed by atoms with E-state index < -0.39 is 0 Å². The number of carbonyl (C=O) groups excluding carboxylic acids is 1. The van der Waals surface area contributed by atoms with E-state index in [-0.39, 0.29) is 17.9 Å². The van der Waals surface area contributed by atoms with Crippen LogP contribution in [0.3, 0.4) is 0 Å². The molecular weight excluding hydrogens is 214 g/mol. The summed E-state index contributed by atoms with van der Waals surface area (Å²) in [5.74, 6) is 0.409. The predicted octanol–water partition coefficient (Wildman–Crippen LogP) is 0.914. The number of piperazine rings is 1. The molecule has 1 fully saturated rings. The highest BCUT2D eigenvalue weighted by molar-refractivity contribution is 5.82. The number of nitrogens with two attached hydrogens (primary N) is 1. The maximum Gasteiger partial charge on any atom is 0.239 e. The first-order chi connectivity index (χ1) is 8.10. The summed E-state index contributed by atoms with van der Waals surface area (Å²) in [6, 6.07) is -0.322. The summed E-state index contributed by atoms with van der Waals surface area (Å²) in [6.07, 6.45) is 2.14. The third-order valence-electron chi connectivity index (χ3n) is 3.77. The van der Waals surface area contributed by atoms with E-state index in [2.05, 4.69) is 25.7 Å². The summed E-state index contributed by atoms with van der Waals surface area (Å²) in [5, 5.41) is 0. The standard InChI is InChI=1S/C13H27N3O/c1-4-6-15-7-9-16(10-8-15)13(17)12(14)11(3)5-2/h11-12H,4-10,14H2,1-3H3/t11?,12-/m1/s1. The fourth-order valence-electron chi connectivity index (χ4n) is 2.22. The maximum atomic E-state index is 12.1. The molecule has 1 aliphatic heterocycles. The summed E-state index contributed by atoms with van der Waals surface area (Å²) in [4.78, 5) is 16.5. The first kappa shape index (κ1) is 14.5. The molecule has 2 atom stereocenters. The van der Waals surface area contributed by atoms with Gasteiger partial charge in [0, 0.05) is 26.2 Å². The Morgan fingerprint density at radius 1 is 1.24 bits per heavy atom. The van der Waals surface area contributed by atoms with Crippen molar-refractivity contribution in [2.75, 3.05) is 32.7 Å². The Morgan fingerprint density at radius 2 is 1.82 bits per heavy atom. The molecule has 4 nitrogen and oxygen atoms in total. The molecule has 0 aliphatic carbocycles. The lowest BCUT2D eigenvalue weighted by molar-refractivity contribution is -0.135. The molecule has 1 rings (SSSR count). The Labute approximate surface area is 105 Å². The van der Waals surface area contributed by atoms with Crippen LogP contribution in [0.5, 0.6) is 0 Å². The largest absolute Gasteiger partial charge is 0.339 e. The Hall–Kier alpha value is -0.610. The maximum absolute atomic E-state index is 12.1. The second kappa shape index (κ2) is 6.97. The molecule has 1 unspecified atom stereocenters. The summed E-state index contributed by atoms with van der Waals surface area (Å²) >= 11 is 0. The van der Waals surface area contributed by atoms with E-state index in [1.165, 1.54) is 6.42 Å². The minimum absolute atomic E-state index is 0.135. The molecule has 0 bridgehead atoms. The van der Waals surface area contributed by atoms with Crippen molar-refractivity contribution in [3.05, 3.63) is 0 Å². The molecule has 1 heterocycles. The van der Waals surface area contributed by atoms with Crippen LogP contribution in [-0.2, 0) is 4.79 Å². The highest BCUT2D eigenvalue weighted by Gasteiger charge is 2.27. The number of nitrogens with zero attached hydrogens (tertiary/aromatic N) is 2. The van der Waals surface area contributed by atoms with Gasteiger partial charge in [-0.2, -0.15) is 0 Å². The van der Waals surface area contributed by atoms with Gasteiger partial charge in [-0.05, 0) is 18.9 Å². The quantitative estimate of drug-likeness (QED) is 0.778. The Balaban J connectivity index is 2.40. The molecule has 0 spiro atoms. The number of amides is 1. The Kier molecular flexibility index (Phi) is 5.92. The van der Waals surface area contributed by atoms with Crippen LogP contribution < -0.4 is 5.73 Å². The molecule has 2 N–H and O–H groups in total. The van der Waals surface area contributed by atoms with Gasteiger partial charge >= 0.3 is 0 Å². The second-order valence-corrected chi connectivity index (χ2v) is 5.08. The Morgan fingerprint density at radius 3 is 2.29 bits per heavy atom. The molecule has 100 valence electrons. The Bertz CT molecular complexity index is 237. The molecule has 1 aliphatic rings. The molecule has 17 heavy (non-hydrogen) atoms. The molecule has 0 radical (unpaired) electrons. The monoisotopic (exact) mass is 241 g/mol. The normalized spacial score (nSPS) is 21.3. The molecule has 0 aromatic heterocycles. The van der Waals surface area contributed by atoms with Gasteiger partial charge < -0.3 is 10.6 Å². The van der Waals surface area contributed by atoms with Crippen LogP contribution in [0.2, 0.25) is 0 Å². The number of carbonyl (C=O) groups is 1.